The van der Waals surface area contributed by atoms with E-state index in [0.29, 0.717) is 18.4 Å². The Morgan fingerprint density at radius 1 is 1.61 bits per heavy atom. The van der Waals surface area contributed by atoms with E-state index in [1.165, 1.54) is 10.8 Å². The van der Waals surface area contributed by atoms with Gasteiger partial charge in [0, 0.05) is 16.7 Å². The minimum atomic E-state index is -0.534. The minimum Gasteiger partial charge on any atom is -0.354 e. The summed E-state index contributed by atoms with van der Waals surface area (Å²) in [6.45, 7) is 7.00. The van der Waals surface area contributed by atoms with Gasteiger partial charge in [0.25, 0.3) is 5.56 Å². The van der Waals surface area contributed by atoms with Crippen LogP contribution in [0.1, 0.15) is 31.6 Å². The van der Waals surface area contributed by atoms with Crippen LogP contribution in [0.15, 0.2) is 28.4 Å². The van der Waals surface area contributed by atoms with Gasteiger partial charge in [-0.2, -0.15) is 0 Å². The van der Waals surface area contributed by atoms with Crippen LogP contribution in [0.3, 0.4) is 0 Å². The van der Waals surface area contributed by atoms with Gasteiger partial charge in [0.05, 0.1) is 12.0 Å². The summed E-state index contributed by atoms with van der Waals surface area (Å²) in [5.74, 6) is -0.230. The Morgan fingerprint density at radius 2 is 2.30 bits per heavy atom. The summed E-state index contributed by atoms with van der Waals surface area (Å²) in [6, 6.07) is 0. The summed E-state index contributed by atoms with van der Waals surface area (Å²) >= 11 is 0. The number of nitrogens with one attached hydrogen (secondary N) is 1. The van der Waals surface area contributed by atoms with Gasteiger partial charge in [0.1, 0.15) is 6.23 Å². The average molecular weight is 323 g/mol. The fraction of sp³-hybridized carbons (Fsp3) is 0.600. The van der Waals surface area contributed by atoms with Gasteiger partial charge >= 0.3 is 5.69 Å². The minimum absolute atomic E-state index is 0.0593. The summed E-state index contributed by atoms with van der Waals surface area (Å²) in [7, 11) is 0. The van der Waals surface area contributed by atoms with Crippen molar-refractivity contribution in [2.24, 2.45) is 11.8 Å². The van der Waals surface area contributed by atoms with Gasteiger partial charge in [-0.3, -0.25) is 24.5 Å². The van der Waals surface area contributed by atoms with E-state index in [-0.39, 0.29) is 29.4 Å². The third-order valence-corrected chi connectivity index (χ3v) is 4.22. The molecule has 2 heterocycles. The summed E-state index contributed by atoms with van der Waals surface area (Å²) in [5, 5.41) is 10.9. The first-order valence-electron chi connectivity index (χ1n) is 7.53. The topological polar surface area (TPSA) is 107 Å². The molecule has 0 bridgehead atoms. The number of nitrogens with zero attached hydrogens (tertiary/aromatic N) is 2. The highest BCUT2D eigenvalue weighted by Gasteiger charge is 2.40. The molecule has 1 aliphatic heterocycles. The van der Waals surface area contributed by atoms with Crippen molar-refractivity contribution in [1.29, 1.82) is 0 Å². The van der Waals surface area contributed by atoms with E-state index >= 15 is 0 Å². The lowest BCUT2D eigenvalue weighted by molar-refractivity contribution is -0.490. The maximum absolute atomic E-state index is 12.0. The Balaban J connectivity index is 2.25. The number of allylic oxidation sites excluding steroid dienone is 1. The number of nitro groups is 1. The van der Waals surface area contributed by atoms with Crippen molar-refractivity contribution in [2.75, 3.05) is 6.54 Å². The molecule has 126 valence electrons. The van der Waals surface area contributed by atoms with Crippen LogP contribution in [-0.2, 0) is 4.74 Å². The van der Waals surface area contributed by atoms with E-state index < -0.39 is 17.5 Å². The second-order valence-electron chi connectivity index (χ2n) is 6.05. The molecule has 4 atom stereocenters. The number of hydrogen-bond donors (Lipinski definition) is 1. The second kappa shape index (κ2) is 6.91. The number of aromatic nitrogens is 2. The van der Waals surface area contributed by atoms with Crippen molar-refractivity contribution in [3.63, 3.8) is 0 Å². The molecule has 0 aliphatic carbocycles. The van der Waals surface area contributed by atoms with Crippen LogP contribution >= 0.6 is 0 Å². The molecule has 2 rings (SSSR count). The van der Waals surface area contributed by atoms with E-state index in [1.807, 2.05) is 6.92 Å². The summed E-state index contributed by atoms with van der Waals surface area (Å²) < 4.78 is 7.29. The van der Waals surface area contributed by atoms with Gasteiger partial charge in [-0.1, -0.05) is 13.0 Å². The Morgan fingerprint density at radius 3 is 2.91 bits per heavy atom. The Labute approximate surface area is 132 Å². The molecule has 1 saturated heterocycles. The monoisotopic (exact) mass is 323 g/mol. The second-order valence-corrected chi connectivity index (χ2v) is 6.05. The highest BCUT2D eigenvalue weighted by atomic mass is 16.6. The molecule has 1 aromatic heterocycles. The quantitative estimate of drug-likeness (QED) is 0.481. The molecule has 1 N–H and O–H groups in total. The zero-order valence-corrected chi connectivity index (χ0v) is 13.2. The van der Waals surface area contributed by atoms with E-state index in [4.69, 9.17) is 4.74 Å². The predicted molar refractivity (Wildman–Crippen MR) is 83.9 cm³/mol. The highest BCUT2D eigenvalue weighted by molar-refractivity contribution is 5.02. The van der Waals surface area contributed by atoms with E-state index in [9.17, 15) is 19.7 Å². The number of rotatable bonds is 6. The first kappa shape index (κ1) is 17.1. The smallest absolute Gasteiger partial charge is 0.330 e. The molecular formula is C15H21N3O5. The molecule has 8 heteroatoms. The van der Waals surface area contributed by atoms with Gasteiger partial charge in [0.2, 0.25) is 6.54 Å². The summed E-state index contributed by atoms with van der Waals surface area (Å²) in [6.07, 6.45) is 3.29. The molecule has 0 amide bonds. The first-order valence-corrected chi connectivity index (χ1v) is 7.53. The van der Waals surface area contributed by atoms with Crippen LogP contribution < -0.4 is 11.2 Å². The summed E-state index contributed by atoms with van der Waals surface area (Å²) in [5.41, 5.74) is -0.544. The molecular weight excluding hydrogens is 302 g/mol. The van der Waals surface area contributed by atoms with Crippen LogP contribution in [0.2, 0.25) is 0 Å². The maximum atomic E-state index is 12.0. The third kappa shape index (κ3) is 3.76. The number of ether oxygens (including phenoxy) is 1. The maximum Gasteiger partial charge on any atom is 0.330 e. The lowest BCUT2D eigenvalue weighted by Gasteiger charge is -2.22. The molecule has 8 nitrogen and oxygen atoms in total. The van der Waals surface area contributed by atoms with Gasteiger partial charge in [-0.25, -0.2) is 4.79 Å². The highest BCUT2D eigenvalue weighted by Crippen LogP contribution is 2.37. The van der Waals surface area contributed by atoms with E-state index in [1.54, 1.807) is 13.0 Å². The lowest BCUT2D eigenvalue weighted by Crippen LogP contribution is -2.34. The number of hydrogen-bond acceptors (Lipinski definition) is 5. The van der Waals surface area contributed by atoms with Crippen molar-refractivity contribution < 1.29 is 9.66 Å². The Hall–Kier alpha value is -2.22. The van der Waals surface area contributed by atoms with Crippen LogP contribution in [0, 0.1) is 28.9 Å². The molecule has 0 spiro atoms. The van der Waals surface area contributed by atoms with Gasteiger partial charge < -0.3 is 4.74 Å². The predicted octanol–water partition coefficient (Wildman–Crippen LogP) is 1.24. The fourth-order valence-corrected chi connectivity index (χ4v) is 3.10. The van der Waals surface area contributed by atoms with Gasteiger partial charge in [-0.15, -0.1) is 6.58 Å². The fourth-order valence-electron chi connectivity index (χ4n) is 3.10. The van der Waals surface area contributed by atoms with Crippen LogP contribution in [-0.4, -0.2) is 27.1 Å². The molecule has 23 heavy (non-hydrogen) atoms. The standard InChI is InChI=1S/C15H21N3O5/c1-4-5-11(8-18(21)22)13-9(2)6-12(23-13)17-7-10(3)14(19)16-15(17)20/h4,7,9,11-13H,1,5-6,8H2,2-3H3,(H,16,19,20)/t9-,11-,12+,13-/m0/s1. The average Bonchev–Trinajstić information content (AvgIpc) is 2.83. The van der Waals surface area contributed by atoms with E-state index in [0.717, 1.165) is 0 Å². The molecule has 1 fully saturated rings. The van der Waals surface area contributed by atoms with Crippen molar-refractivity contribution in [3.8, 4) is 0 Å². The van der Waals surface area contributed by atoms with Crippen molar-refractivity contribution in [3.05, 3.63) is 55.4 Å². The zero-order chi connectivity index (χ0) is 17.1. The van der Waals surface area contributed by atoms with E-state index in [2.05, 4.69) is 11.6 Å². The summed E-state index contributed by atoms with van der Waals surface area (Å²) in [4.78, 5) is 36.2. The number of H-pyrrole nitrogens is 1. The van der Waals surface area contributed by atoms with Gasteiger partial charge in [-0.05, 0) is 25.7 Å². The van der Waals surface area contributed by atoms with Crippen molar-refractivity contribution in [1.82, 2.24) is 9.55 Å². The third-order valence-electron chi connectivity index (χ3n) is 4.22. The number of aryl methyl sites for hydroxylation is 1. The molecule has 1 aliphatic rings. The van der Waals surface area contributed by atoms with Crippen LogP contribution in [0.5, 0.6) is 0 Å². The molecule has 0 saturated carbocycles. The van der Waals surface area contributed by atoms with Gasteiger partial charge in [0.15, 0.2) is 0 Å². The van der Waals surface area contributed by atoms with Crippen molar-refractivity contribution >= 4 is 0 Å². The molecule has 0 unspecified atom stereocenters. The van der Waals surface area contributed by atoms with Crippen LogP contribution in [0.25, 0.3) is 0 Å². The first-order chi connectivity index (χ1) is 10.8. The zero-order valence-electron chi connectivity index (χ0n) is 13.2. The molecule has 0 radical (unpaired) electrons. The van der Waals surface area contributed by atoms with Crippen molar-refractivity contribution in [2.45, 2.75) is 39.0 Å². The molecule has 0 aromatic carbocycles. The SMILES string of the molecule is C=CC[C@@H](C[N+](=O)[O-])[C@H]1O[C@@H](n2cc(C)c(=O)[nH]c2=O)C[C@@H]1C. The molecule has 1 aromatic rings. The van der Waals surface area contributed by atoms with Crippen LogP contribution in [0.4, 0.5) is 0 Å². The lowest BCUT2D eigenvalue weighted by atomic mass is 9.89. The number of aromatic amines is 1. The Kier molecular flexibility index (Phi) is 5.15. The normalized spacial score (nSPS) is 25.2. The largest absolute Gasteiger partial charge is 0.354 e. The Bertz CT molecular complexity index is 708.